The number of benzene rings is 1. The number of ether oxygens (including phenoxy) is 1. The van der Waals surface area contributed by atoms with Crippen molar-refractivity contribution in [1.82, 2.24) is 10.8 Å². The van der Waals surface area contributed by atoms with Gasteiger partial charge in [-0.05, 0) is 32.3 Å². The Bertz CT molecular complexity index is 509. The van der Waals surface area contributed by atoms with E-state index in [1.54, 1.807) is 20.8 Å². The molecule has 0 heterocycles. The Morgan fingerprint density at radius 2 is 1.74 bits per heavy atom. The molecule has 0 aliphatic heterocycles. The van der Waals surface area contributed by atoms with Crippen molar-refractivity contribution < 1.29 is 19.2 Å². The van der Waals surface area contributed by atoms with Crippen molar-refractivity contribution in [3.8, 4) is 0 Å². The summed E-state index contributed by atoms with van der Waals surface area (Å²) in [7, 11) is 0. The molecule has 23 heavy (non-hydrogen) atoms. The summed E-state index contributed by atoms with van der Waals surface area (Å²) >= 11 is 0. The fourth-order valence-electron chi connectivity index (χ4n) is 1.80. The summed E-state index contributed by atoms with van der Waals surface area (Å²) in [5.74, 6) is -0.523. The first-order chi connectivity index (χ1) is 10.7. The van der Waals surface area contributed by atoms with Gasteiger partial charge in [0.1, 0.15) is 11.6 Å². The maximum Gasteiger partial charge on any atom is 0.408 e. The number of hydrogen-bond donors (Lipinski definition) is 2. The van der Waals surface area contributed by atoms with Crippen LogP contribution in [0.3, 0.4) is 0 Å². The van der Waals surface area contributed by atoms with E-state index < -0.39 is 23.6 Å². The van der Waals surface area contributed by atoms with Crippen LogP contribution >= 0.6 is 0 Å². The number of nitrogens with one attached hydrogen (secondary N) is 2. The average Bonchev–Trinajstić information content (AvgIpc) is 2.43. The lowest BCUT2D eigenvalue weighted by molar-refractivity contribution is -0.137. The van der Waals surface area contributed by atoms with E-state index in [1.165, 1.54) is 0 Å². The lowest BCUT2D eigenvalue weighted by Gasteiger charge is -2.25. The van der Waals surface area contributed by atoms with E-state index in [9.17, 15) is 9.59 Å². The molecule has 1 atom stereocenters. The van der Waals surface area contributed by atoms with Gasteiger partial charge in [-0.15, -0.1) is 0 Å². The first-order valence-corrected chi connectivity index (χ1v) is 7.64. The first-order valence-electron chi connectivity index (χ1n) is 7.64. The van der Waals surface area contributed by atoms with Gasteiger partial charge in [0.05, 0.1) is 6.61 Å². The minimum atomic E-state index is -0.736. The molecule has 0 spiro atoms. The molecule has 0 saturated heterocycles. The average molecular weight is 322 g/mol. The third kappa shape index (κ3) is 7.65. The molecule has 1 rings (SSSR count). The fourth-order valence-corrected chi connectivity index (χ4v) is 1.80. The zero-order chi connectivity index (χ0) is 17.5. The van der Waals surface area contributed by atoms with Gasteiger partial charge in [-0.2, -0.15) is 0 Å². The van der Waals surface area contributed by atoms with Crippen LogP contribution in [0.4, 0.5) is 4.79 Å². The molecular formula is C17H26N2O4. The van der Waals surface area contributed by atoms with E-state index in [-0.39, 0.29) is 12.5 Å². The second-order valence-corrected chi connectivity index (χ2v) is 6.61. The highest BCUT2D eigenvalue weighted by molar-refractivity contribution is 5.85. The Hall–Kier alpha value is -2.08. The topological polar surface area (TPSA) is 76.7 Å². The van der Waals surface area contributed by atoms with Crippen molar-refractivity contribution >= 4 is 12.0 Å². The predicted molar refractivity (Wildman–Crippen MR) is 87.4 cm³/mol. The van der Waals surface area contributed by atoms with Gasteiger partial charge in [0.15, 0.2) is 0 Å². The molecule has 128 valence electrons. The second-order valence-electron chi connectivity index (χ2n) is 6.61. The smallest absolute Gasteiger partial charge is 0.408 e. The van der Waals surface area contributed by atoms with Gasteiger partial charge in [-0.25, -0.2) is 10.3 Å². The maximum absolute atomic E-state index is 12.2. The maximum atomic E-state index is 12.2. The Morgan fingerprint density at radius 1 is 1.13 bits per heavy atom. The first kappa shape index (κ1) is 19.0. The Labute approximate surface area is 137 Å². The van der Waals surface area contributed by atoms with E-state index >= 15 is 0 Å². The van der Waals surface area contributed by atoms with Crippen LogP contribution < -0.4 is 10.8 Å². The molecule has 0 aliphatic rings. The Balaban J connectivity index is 2.49. The minimum absolute atomic E-state index is 0.108. The van der Waals surface area contributed by atoms with Crippen LogP contribution in [0.5, 0.6) is 0 Å². The third-order valence-corrected chi connectivity index (χ3v) is 2.88. The number of rotatable bonds is 6. The van der Waals surface area contributed by atoms with Crippen molar-refractivity contribution in [3.05, 3.63) is 35.9 Å². The quantitative estimate of drug-likeness (QED) is 0.790. The lowest BCUT2D eigenvalue weighted by atomic mass is 10.0. The summed E-state index contributed by atoms with van der Waals surface area (Å²) in [6.07, 6.45) is -0.630. The van der Waals surface area contributed by atoms with Gasteiger partial charge in [0, 0.05) is 0 Å². The molecule has 6 heteroatoms. The van der Waals surface area contributed by atoms with Crippen LogP contribution in [0, 0.1) is 5.92 Å². The van der Waals surface area contributed by atoms with Crippen LogP contribution in [0.15, 0.2) is 30.3 Å². The van der Waals surface area contributed by atoms with Crippen molar-refractivity contribution in [2.24, 2.45) is 5.92 Å². The largest absolute Gasteiger partial charge is 0.444 e. The molecule has 2 N–H and O–H groups in total. The summed E-state index contributed by atoms with van der Waals surface area (Å²) in [5.41, 5.74) is 2.69. The lowest BCUT2D eigenvalue weighted by Crippen LogP contribution is -2.50. The number of carbonyl (C=O) groups is 2. The summed E-state index contributed by atoms with van der Waals surface area (Å²) < 4.78 is 5.17. The SMILES string of the molecule is CC(C)C(NC(=O)OC(C)(C)C)C(=O)NOCc1ccccc1. The molecule has 2 amide bonds. The third-order valence-electron chi connectivity index (χ3n) is 2.88. The number of hydroxylamine groups is 1. The van der Waals surface area contributed by atoms with E-state index in [4.69, 9.17) is 9.57 Å². The van der Waals surface area contributed by atoms with Crippen LogP contribution in [-0.4, -0.2) is 23.6 Å². The van der Waals surface area contributed by atoms with Crippen molar-refractivity contribution in [1.29, 1.82) is 0 Å². The van der Waals surface area contributed by atoms with E-state index in [1.807, 2.05) is 44.2 Å². The van der Waals surface area contributed by atoms with E-state index in [0.717, 1.165) is 5.56 Å². The van der Waals surface area contributed by atoms with Gasteiger partial charge in [0.25, 0.3) is 5.91 Å². The number of carbonyl (C=O) groups excluding carboxylic acids is 2. The summed E-state index contributed by atoms with van der Waals surface area (Å²) in [6.45, 7) is 9.21. The summed E-state index contributed by atoms with van der Waals surface area (Å²) in [5, 5.41) is 2.57. The molecule has 1 unspecified atom stereocenters. The van der Waals surface area contributed by atoms with E-state index in [2.05, 4.69) is 10.8 Å². The van der Waals surface area contributed by atoms with Crippen LogP contribution in [0.2, 0.25) is 0 Å². The van der Waals surface area contributed by atoms with Crippen molar-refractivity contribution in [2.45, 2.75) is 52.9 Å². The molecular weight excluding hydrogens is 296 g/mol. The molecule has 0 saturated carbocycles. The zero-order valence-electron chi connectivity index (χ0n) is 14.4. The molecule has 6 nitrogen and oxygen atoms in total. The Kier molecular flexibility index (Phi) is 7.03. The molecule has 0 radical (unpaired) electrons. The van der Waals surface area contributed by atoms with E-state index in [0.29, 0.717) is 0 Å². The molecule has 1 aromatic rings. The molecule has 1 aromatic carbocycles. The second kappa shape index (κ2) is 8.53. The van der Waals surface area contributed by atoms with Gasteiger partial charge >= 0.3 is 6.09 Å². The molecule has 0 bridgehead atoms. The van der Waals surface area contributed by atoms with Crippen LogP contribution in [-0.2, 0) is 21.0 Å². The minimum Gasteiger partial charge on any atom is -0.444 e. The number of amides is 2. The zero-order valence-corrected chi connectivity index (χ0v) is 14.4. The Morgan fingerprint density at radius 3 is 2.26 bits per heavy atom. The summed E-state index contributed by atoms with van der Waals surface area (Å²) in [6, 6.07) is 8.74. The monoisotopic (exact) mass is 322 g/mol. The predicted octanol–water partition coefficient (Wildman–Crippen LogP) is 2.78. The van der Waals surface area contributed by atoms with Crippen molar-refractivity contribution in [2.75, 3.05) is 0 Å². The van der Waals surface area contributed by atoms with Crippen molar-refractivity contribution in [3.63, 3.8) is 0 Å². The number of hydrogen-bond acceptors (Lipinski definition) is 4. The van der Waals surface area contributed by atoms with Gasteiger partial charge in [-0.3, -0.25) is 9.63 Å². The molecule has 0 aliphatic carbocycles. The van der Waals surface area contributed by atoms with Gasteiger partial charge < -0.3 is 10.1 Å². The van der Waals surface area contributed by atoms with Gasteiger partial charge in [-0.1, -0.05) is 44.2 Å². The standard InChI is InChI=1S/C17H26N2O4/c1-12(2)14(18-16(21)23-17(3,4)5)15(20)19-22-11-13-9-7-6-8-10-13/h6-10,12,14H,11H2,1-5H3,(H,18,21)(H,19,20). The molecule has 0 fully saturated rings. The molecule has 0 aromatic heterocycles. The number of alkyl carbamates (subject to hydrolysis) is 1. The van der Waals surface area contributed by atoms with Crippen LogP contribution in [0.25, 0.3) is 0 Å². The van der Waals surface area contributed by atoms with Crippen LogP contribution in [0.1, 0.15) is 40.2 Å². The highest BCUT2D eigenvalue weighted by Crippen LogP contribution is 2.09. The highest BCUT2D eigenvalue weighted by atomic mass is 16.7. The normalized spacial score (nSPS) is 12.6. The summed E-state index contributed by atoms with van der Waals surface area (Å²) in [4.78, 5) is 29.2. The van der Waals surface area contributed by atoms with Gasteiger partial charge in [0.2, 0.25) is 0 Å². The fraction of sp³-hybridized carbons (Fsp3) is 0.529. The highest BCUT2D eigenvalue weighted by Gasteiger charge is 2.27.